The zero-order valence-corrected chi connectivity index (χ0v) is 11.3. The summed E-state index contributed by atoms with van der Waals surface area (Å²) >= 11 is 3.43. The summed E-state index contributed by atoms with van der Waals surface area (Å²) in [7, 11) is 0. The molecule has 0 amide bonds. The van der Waals surface area contributed by atoms with Crippen molar-refractivity contribution in [2.24, 2.45) is 0 Å². The minimum atomic E-state index is -0.992. The molecule has 0 aliphatic carbocycles. The molecule has 1 aromatic heterocycles. The first kappa shape index (κ1) is 11.9. The number of nitrogens with zero attached hydrogens (tertiary/aromatic N) is 2. The van der Waals surface area contributed by atoms with Crippen LogP contribution in [0.2, 0.25) is 0 Å². The van der Waals surface area contributed by atoms with Gasteiger partial charge in [-0.2, -0.15) is 5.10 Å². The summed E-state index contributed by atoms with van der Waals surface area (Å²) in [5.41, 5.74) is 0.883. The second kappa shape index (κ2) is 4.51. The molecule has 1 N–H and O–H groups in total. The molecule has 0 fully saturated rings. The third kappa shape index (κ3) is 2.13. The Hall–Kier alpha value is -2.14. The molecule has 0 unspecified atom stereocenters. The van der Waals surface area contributed by atoms with Gasteiger partial charge in [0, 0.05) is 4.47 Å². The van der Waals surface area contributed by atoms with Crippen LogP contribution in [-0.2, 0) is 0 Å². The number of carboxylic acid groups (broad SMARTS) is 1. The highest BCUT2D eigenvalue weighted by molar-refractivity contribution is 9.10. The zero-order chi connectivity index (χ0) is 13.4. The summed E-state index contributed by atoms with van der Waals surface area (Å²) in [5, 5.41) is 15.3. The lowest BCUT2D eigenvalue weighted by molar-refractivity contribution is 0.0687. The van der Waals surface area contributed by atoms with E-state index in [0.717, 1.165) is 20.9 Å². The SMILES string of the molecule is O=C(O)c1ccnn1-c1ccc2cc(Br)ccc2c1. The van der Waals surface area contributed by atoms with Gasteiger partial charge in [0.25, 0.3) is 0 Å². The molecule has 4 nitrogen and oxygen atoms in total. The molecule has 0 saturated heterocycles. The molecule has 0 spiro atoms. The lowest BCUT2D eigenvalue weighted by atomic mass is 10.1. The second-order valence-electron chi connectivity index (χ2n) is 4.11. The van der Waals surface area contributed by atoms with E-state index in [1.807, 2.05) is 36.4 Å². The lowest BCUT2D eigenvalue weighted by Crippen LogP contribution is -2.07. The Morgan fingerprint density at radius 2 is 1.84 bits per heavy atom. The van der Waals surface area contributed by atoms with Crippen molar-refractivity contribution < 1.29 is 9.90 Å². The van der Waals surface area contributed by atoms with Crippen LogP contribution < -0.4 is 0 Å². The van der Waals surface area contributed by atoms with Gasteiger partial charge in [0.2, 0.25) is 0 Å². The van der Waals surface area contributed by atoms with Crippen LogP contribution in [0.25, 0.3) is 16.5 Å². The third-order valence-corrected chi connectivity index (χ3v) is 3.39. The Labute approximate surface area is 117 Å². The standard InChI is InChI=1S/C14H9BrN2O2/c15-11-3-1-10-8-12(4-2-9(10)7-11)17-13(14(18)19)5-6-16-17/h1-8H,(H,18,19). The first-order valence-corrected chi connectivity index (χ1v) is 6.41. The molecule has 5 heteroatoms. The van der Waals surface area contributed by atoms with Crippen LogP contribution >= 0.6 is 15.9 Å². The van der Waals surface area contributed by atoms with E-state index in [1.165, 1.54) is 16.9 Å². The highest BCUT2D eigenvalue weighted by Crippen LogP contribution is 2.22. The van der Waals surface area contributed by atoms with Gasteiger partial charge in [-0.3, -0.25) is 0 Å². The molecule has 0 radical (unpaired) electrons. The zero-order valence-electron chi connectivity index (χ0n) is 9.75. The van der Waals surface area contributed by atoms with Gasteiger partial charge in [-0.15, -0.1) is 0 Å². The van der Waals surface area contributed by atoms with Crippen LogP contribution in [0.3, 0.4) is 0 Å². The smallest absolute Gasteiger partial charge is 0.354 e. The molecule has 0 aliphatic rings. The van der Waals surface area contributed by atoms with Crippen molar-refractivity contribution in [1.82, 2.24) is 9.78 Å². The summed E-state index contributed by atoms with van der Waals surface area (Å²) in [6.07, 6.45) is 1.48. The largest absolute Gasteiger partial charge is 0.477 e. The van der Waals surface area contributed by atoms with Gasteiger partial charge in [-0.25, -0.2) is 9.48 Å². The number of rotatable bonds is 2. The monoisotopic (exact) mass is 316 g/mol. The number of halogens is 1. The number of hydrogen-bond acceptors (Lipinski definition) is 2. The van der Waals surface area contributed by atoms with Crippen LogP contribution in [0.5, 0.6) is 0 Å². The van der Waals surface area contributed by atoms with Gasteiger partial charge in [-0.1, -0.05) is 28.1 Å². The Morgan fingerprint density at radius 3 is 2.63 bits per heavy atom. The highest BCUT2D eigenvalue weighted by atomic mass is 79.9. The molecule has 0 saturated carbocycles. The third-order valence-electron chi connectivity index (χ3n) is 2.89. The van der Waals surface area contributed by atoms with Gasteiger partial charge < -0.3 is 5.11 Å². The number of benzene rings is 2. The first-order chi connectivity index (χ1) is 9.15. The van der Waals surface area contributed by atoms with E-state index in [-0.39, 0.29) is 5.69 Å². The predicted molar refractivity (Wildman–Crippen MR) is 75.7 cm³/mol. The Bertz CT molecular complexity index is 780. The van der Waals surface area contributed by atoms with E-state index in [2.05, 4.69) is 21.0 Å². The minimum absolute atomic E-state index is 0.150. The quantitative estimate of drug-likeness (QED) is 0.787. The number of aromatic carboxylic acids is 1. The summed E-state index contributed by atoms with van der Waals surface area (Å²) in [4.78, 5) is 11.1. The molecule has 1 heterocycles. The number of carbonyl (C=O) groups is 1. The van der Waals surface area contributed by atoms with Crippen LogP contribution in [-0.4, -0.2) is 20.9 Å². The van der Waals surface area contributed by atoms with Crippen LogP contribution in [0.1, 0.15) is 10.5 Å². The second-order valence-corrected chi connectivity index (χ2v) is 5.02. The van der Waals surface area contributed by atoms with Crippen LogP contribution in [0.4, 0.5) is 0 Å². The normalized spacial score (nSPS) is 10.8. The molecular formula is C14H9BrN2O2. The summed E-state index contributed by atoms with van der Waals surface area (Å²) in [6, 6.07) is 13.1. The van der Waals surface area contributed by atoms with E-state index >= 15 is 0 Å². The summed E-state index contributed by atoms with van der Waals surface area (Å²) in [6.45, 7) is 0. The van der Waals surface area contributed by atoms with Crippen molar-refractivity contribution in [3.05, 3.63) is 58.8 Å². The number of fused-ring (bicyclic) bond motifs is 1. The lowest BCUT2D eigenvalue weighted by Gasteiger charge is -2.06. The summed E-state index contributed by atoms with van der Waals surface area (Å²) < 4.78 is 2.43. The molecule has 0 atom stereocenters. The van der Waals surface area contributed by atoms with E-state index in [9.17, 15) is 4.79 Å². The molecule has 3 rings (SSSR count). The van der Waals surface area contributed by atoms with Crippen molar-refractivity contribution in [3.63, 3.8) is 0 Å². The van der Waals surface area contributed by atoms with Crippen molar-refractivity contribution >= 4 is 32.7 Å². The van der Waals surface area contributed by atoms with Gasteiger partial charge in [0.1, 0.15) is 0 Å². The van der Waals surface area contributed by atoms with Crippen molar-refractivity contribution in [3.8, 4) is 5.69 Å². The molecule has 19 heavy (non-hydrogen) atoms. The van der Waals surface area contributed by atoms with Crippen molar-refractivity contribution in [1.29, 1.82) is 0 Å². The van der Waals surface area contributed by atoms with Crippen LogP contribution in [0, 0.1) is 0 Å². The Kier molecular flexibility index (Phi) is 2.83. The fraction of sp³-hybridized carbons (Fsp3) is 0. The van der Waals surface area contributed by atoms with E-state index in [0.29, 0.717) is 0 Å². The van der Waals surface area contributed by atoms with Crippen LogP contribution in [0.15, 0.2) is 53.1 Å². The van der Waals surface area contributed by atoms with Gasteiger partial charge in [0.15, 0.2) is 5.69 Å². The predicted octanol–water partition coefficient (Wildman–Crippen LogP) is 3.49. The van der Waals surface area contributed by atoms with E-state index in [1.54, 1.807) is 0 Å². The molecule has 2 aromatic carbocycles. The molecule has 94 valence electrons. The van der Waals surface area contributed by atoms with Gasteiger partial charge >= 0.3 is 5.97 Å². The Balaban J connectivity index is 2.18. The average Bonchev–Trinajstić information content (AvgIpc) is 2.87. The number of hydrogen-bond donors (Lipinski definition) is 1. The highest BCUT2D eigenvalue weighted by Gasteiger charge is 2.11. The maximum Gasteiger partial charge on any atom is 0.354 e. The Morgan fingerprint density at radius 1 is 1.11 bits per heavy atom. The fourth-order valence-electron chi connectivity index (χ4n) is 2.01. The number of carboxylic acids is 1. The number of aromatic nitrogens is 2. The maximum absolute atomic E-state index is 11.1. The fourth-order valence-corrected chi connectivity index (χ4v) is 2.39. The van der Waals surface area contributed by atoms with Gasteiger partial charge in [0.05, 0.1) is 11.9 Å². The average molecular weight is 317 g/mol. The maximum atomic E-state index is 11.1. The first-order valence-electron chi connectivity index (χ1n) is 5.62. The van der Waals surface area contributed by atoms with Crippen molar-refractivity contribution in [2.45, 2.75) is 0 Å². The van der Waals surface area contributed by atoms with Crippen molar-refractivity contribution in [2.75, 3.05) is 0 Å². The topological polar surface area (TPSA) is 55.1 Å². The summed E-state index contributed by atoms with van der Waals surface area (Å²) in [5.74, 6) is -0.992. The molecular weight excluding hydrogens is 308 g/mol. The van der Waals surface area contributed by atoms with E-state index in [4.69, 9.17) is 5.11 Å². The molecule has 3 aromatic rings. The minimum Gasteiger partial charge on any atom is -0.477 e. The van der Waals surface area contributed by atoms with E-state index < -0.39 is 5.97 Å². The molecule has 0 aliphatic heterocycles. The van der Waals surface area contributed by atoms with Gasteiger partial charge in [-0.05, 0) is 41.1 Å². The molecule has 0 bridgehead atoms.